The van der Waals surface area contributed by atoms with Gasteiger partial charge in [-0.05, 0) is 37.0 Å². The number of aromatic nitrogens is 1. The first-order valence-corrected chi connectivity index (χ1v) is 7.40. The van der Waals surface area contributed by atoms with E-state index in [-0.39, 0.29) is 6.04 Å². The summed E-state index contributed by atoms with van der Waals surface area (Å²) in [7, 11) is 0. The van der Waals surface area contributed by atoms with E-state index in [0.717, 1.165) is 30.0 Å². The van der Waals surface area contributed by atoms with E-state index in [0.29, 0.717) is 0 Å². The summed E-state index contributed by atoms with van der Waals surface area (Å²) in [4.78, 5) is 6.10. The number of rotatable bonds is 2. The van der Waals surface area contributed by atoms with Crippen LogP contribution in [-0.2, 0) is 12.8 Å². The Morgan fingerprint density at radius 2 is 2.11 bits per heavy atom. The fraction of sp³-hybridized carbons (Fsp3) is 0.357. The highest BCUT2D eigenvalue weighted by Gasteiger charge is 2.21. The molecular formula is C14H15ClN2S. The Labute approximate surface area is 116 Å². The maximum absolute atomic E-state index is 6.10. The van der Waals surface area contributed by atoms with Crippen molar-refractivity contribution in [2.45, 2.75) is 31.7 Å². The number of fused-ring (bicyclic) bond motifs is 1. The van der Waals surface area contributed by atoms with Gasteiger partial charge in [-0.15, -0.1) is 11.3 Å². The van der Waals surface area contributed by atoms with Crippen molar-refractivity contribution in [3.8, 4) is 0 Å². The smallest absolute Gasteiger partial charge is 0.0975 e. The van der Waals surface area contributed by atoms with Crippen LogP contribution in [0.15, 0.2) is 24.3 Å². The van der Waals surface area contributed by atoms with E-state index < -0.39 is 0 Å². The molecule has 1 unspecified atom stereocenters. The van der Waals surface area contributed by atoms with Gasteiger partial charge < -0.3 is 5.73 Å². The second-order valence-corrected chi connectivity index (χ2v) is 6.32. The molecule has 0 spiro atoms. The number of hydrogen-bond acceptors (Lipinski definition) is 3. The molecule has 1 aliphatic rings. The van der Waals surface area contributed by atoms with Crippen molar-refractivity contribution in [1.82, 2.24) is 4.98 Å². The SMILES string of the molecule is NC1CCCc2sc(Cc3ccc(Cl)cc3)nc21. The molecule has 0 amide bonds. The van der Waals surface area contributed by atoms with E-state index in [1.807, 2.05) is 23.5 Å². The monoisotopic (exact) mass is 278 g/mol. The van der Waals surface area contributed by atoms with Crippen molar-refractivity contribution < 1.29 is 0 Å². The average molecular weight is 279 g/mol. The first-order valence-electron chi connectivity index (χ1n) is 6.21. The van der Waals surface area contributed by atoms with Crippen LogP contribution >= 0.6 is 22.9 Å². The van der Waals surface area contributed by atoms with Gasteiger partial charge in [-0.3, -0.25) is 0 Å². The van der Waals surface area contributed by atoms with Crippen molar-refractivity contribution in [3.05, 3.63) is 50.4 Å². The number of halogens is 1. The zero-order chi connectivity index (χ0) is 12.5. The van der Waals surface area contributed by atoms with Crippen LogP contribution in [0.2, 0.25) is 5.02 Å². The number of nitrogens with zero attached hydrogens (tertiary/aromatic N) is 1. The predicted molar refractivity (Wildman–Crippen MR) is 76.2 cm³/mol. The third-order valence-corrected chi connectivity index (χ3v) is 4.69. The van der Waals surface area contributed by atoms with Gasteiger partial charge >= 0.3 is 0 Å². The lowest BCUT2D eigenvalue weighted by molar-refractivity contribution is 0.562. The Balaban J connectivity index is 1.83. The molecule has 2 nitrogen and oxygen atoms in total. The van der Waals surface area contributed by atoms with Gasteiger partial charge in [-0.25, -0.2) is 4.98 Å². The lowest BCUT2D eigenvalue weighted by Gasteiger charge is -2.15. The van der Waals surface area contributed by atoms with Crippen LogP contribution < -0.4 is 5.73 Å². The highest BCUT2D eigenvalue weighted by molar-refractivity contribution is 7.11. The Morgan fingerprint density at radius 3 is 2.83 bits per heavy atom. The number of nitrogens with two attached hydrogens (primary N) is 1. The molecule has 1 aromatic heterocycles. The summed E-state index contributed by atoms with van der Waals surface area (Å²) in [6.07, 6.45) is 4.27. The molecule has 2 aromatic rings. The molecule has 0 saturated heterocycles. The van der Waals surface area contributed by atoms with Gasteiger partial charge in [0, 0.05) is 22.4 Å². The van der Waals surface area contributed by atoms with Crippen LogP contribution in [0.5, 0.6) is 0 Å². The molecule has 4 heteroatoms. The van der Waals surface area contributed by atoms with E-state index in [1.54, 1.807) is 0 Å². The number of thiazole rings is 1. The molecule has 0 aliphatic heterocycles. The topological polar surface area (TPSA) is 38.9 Å². The number of benzene rings is 1. The van der Waals surface area contributed by atoms with Gasteiger partial charge in [0.25, 0.3) is 0 Å². The number of aryl methyl sites for hydroxylation is 1. The molecule has 94 valence electrons. The highest BCUT2D eigenvalue weighted by atomic mass is 35.5. The van der Waals surface area contributed by atoms with E-state index in [1.165, 1.54) is 21.9 Å². The Morgan fingerprint density at radius 1 is 1.33 bits per heavy atom. The van der Waals surface area contributed by atoms with Crippen LogP contribution in [-0.4, -0.2) is 4.98 Å². The molecule has 1 atom stereocenters. The fourth-order valence-electron chi connectivity index (χ4n) is 2.35. The fourth-order valence-corrected chi connectivity index (χ4v) is 3.70. The largest absolute Gasteiger partial charge is 0.323 e. The summed E-state index contributed by atoms with van der Waals surface area (Å²) in [5.74, 6) is 0. The first-order chi connectivity index (χ1) is 8.72. The predicted octanol–water partition coefficient (Wildman–Crippen LogP) is 3.72. The van der Waals surface area contributed by atoms with Crippen molar-refractivity contribution in [3.63, 3.8) is 0 Å². The number of hydrogen-bond donors (Lipinski definition) is 1. The lowest BCUT2D eigenvalue weighted by Crippen LogP contribution is -2.16. The molecule has 1 aromatic carbocycles. The van der Waals surface area contributed by atoms with E-state index >= 15 is 0 Å². The van der Waals surface area contributed by atoms with Crippen molar-refractivity contribution in [1.29, 1.82) is 0 Å². The first kappa shape index (κ1) is 12.2. The quantitative estimate of drug-likeness (QED) is 0.909. The average Bonchev–Trinajstić information content (AvgIpc) is 2.76. The molecule has 0 fully saturated rings. The second kappa shape index (κ2) is 5.00. The Bertz CT molecular complexity index is 547. The molecule has 1 heterocycles. The summed E-state index contributed by atoms with van der Waals surface area (Å²) < 4.78 is 0. The van der Waals surface area contributed by atoms with Crippen LogP contribution in [0, 0.1) is 0 Å². The highest BCUT2D eigenvalue weighted by Crippen LogP contribution is 2.32. The lowest BCUT2D eigenvalue weighted by atomic mass is 9.99. The Hall–Kier alpha value is -0.900. The van der Waals surface area contributed by atoms with Gasteiger partial charge in [0.15, 0.2) is 0 Å². The maximum Gasteiger partial charge on any atom is 0.0975 e. The minimum Gasteiger partial charge on any atom is -0.323 e. The van der Waals surface area contributed by atoms with E-state index in [2.05, 4.69) is 12.1 Å². The normalized spacial score (nSPS) is 18.7. The van der Waals surface area contributed by atoms with E-state index in [9.17, 15) is 0 Å². The molecule has 3 rings (SSSR count). The van der Waals surface area contributed by atoms with Gasteiger partial charge in [0.1, 0.15) is 0 Å². The summed E-state index contributed by atoms with van der Waals surface area (Å²) >= 11 is 7.70. The van der Waals surface area contributed by atoms with Gasteiger partial charge in [-0.2, -0.15) is 0 Å². The summed E-state index contributed by atoms with van der Waals surface area (Å²) in [5, 5.41) is 1.94. The van der Waals surface area contributed by atoms with E-state index in [4.69, 9.17) is 22.3 Å². The summed E-state index contributed by atoms with van der Waals surface area (Å²) in [6.45, 7) is 0. The molecule has 2 N–H and O–H groups in total. The summed E-state index contributed by atoms with van der Waals surface area (Å²) in [6, 6.07) is 8.11. The van der Waals surface area contributed by atoms with Crippen LogP contribution in [0.4, 0.5) is 0 Å². The molecule has 0 bridgehead atoms. The van der Waals surface area contributed by atoms with Crippen LogP contribution in [0.3, 0.4) is 0 Å². The molecule has 18 heavy (non-hydrogen) atoms. The zero-order valence-corrected chi connectivity index (χ0v) is 11.6. The van der Waals surface area contributed by atoms with Crippen LogP contribution in [0.1, 0.15) is 40.0 Å². The molecule has 1 aliphatic carbocycles. The zero-order valence-electron chi connectivity index (χ0n) is 10.0. The molecular weight excluding hydrogens is 264 g/mol. The standard InChI is InChI=1S/C14H15ClN2S/c15-10-6-4-9(5-7-10)8-13-17-14-11(16)2-1-3-12(14)18-13/h4-7,11H,1-3,8,16H2. The maximum atomic E-state index is 6.10. The van der Waals surface area contributed by atoms with Gasteiger partial charge in [0.2, 0.25) is 0 Å². The minimum atomic E-state index is 0.143. The van der Waals surface area contributed by atoms with Gasteiger partial charge in [-0.1, -0.05) is 23.7 Å². The molecule has 0 radical (unpaired) electrons. The van der Waals surface area contributed by atoms with Gasteiger partial charge in [0.05, 0.1) is 10.7 Å². The van der Waals surface area contributed by atoms with Crippen molar-refractivity contribution >= 4 is 22.9 Å². The second-order valence-electron chi connectivity index (χ2n) is 4.72. The minimum absolute atomic E-state index is 0.143. The van der Waals surface area contributed by atoms with Crippen LogP contribution in [0.25, 0.3) is 0 Å². The molecule has 0 saturated carbocycles. The Kier molecular flexibility index (Phi) is 3.37. The van der Waals surface area contributed by atoms with Crippen molar-refractivity contribution in [2.75, 3.05) is 0 Å². The summed E-state index contributed by atoms with van der Waals surface area (Å²) in [5.41, 5.74) is 8.48. The third-order valence-electron chi connectivity index (χ3n) is 3.31. The van der Waals surface area contributed by atoms with Crippen molar-refractivity contribution in [2.24, 2.45) is 5.73 Å². The third kappa shape index (κ3) is 2.44.